The van der Waals surface area contributed by atoms with Crippen molar-refractivity contribution >= 4 is 44.1 Å². The summed E-state index contributed by atoms with van der Waals surface area (Å²) in [6.07, 6.45) is 2.73. The van der Waals surface area contributed by atoms with Crippen molar-refractivity contribution in [3.05, 3.63) is 58.7 Å². The average Bonchev–Trinajstić information content (AvgIpc) is 3.25. The Morgan fingerprint density at radius 3 is 2.85 bits per heavy atom. The van der Waals surface area contributed by atoms with Crippen LogP contribution < -0.4 is 9.62 Å². The van der Waals surface area contributed by atoms with Gasteiger partial charge in [0.1, 0.15) is 0 Å². The number of rotatable bonds is 4. The van der Waals surface area contributed by atoms with Gasteiger partial charge in [0, 0.05) is 34.4 Å². The number of carbonyl (C=O) groups is 1. The van der Waals surface area contributed by atoms with Crippen LogP contribution in [0.5, 0.6) is 0 Å². The third kappa shape index (κ3) is 3.22. The van der Waals surface area contributed by atoms with Crippen molar-refractivity contribution in [2.24, 2.45) is 0 Å². The van der Waals surface area contributed by atoms with Crippen LogP contribution in [-0.4, -0.2) is 32.9 Å². The Kier molecular flexibility index (Phi) is 4.46. The van der Waals surface area contributed by atoms with Gasteiger partial charge >= 0.3 is 0 Å². The topological polar surface area (TPSA) is 82.3 Å². The molecular formula is C19H18ClN3O3S. The van der Waals surface area contributed by atoms with E-state index >= 15 is 0 Å². The van der Waals surface area contributed by atoms with Crippen LogP contribution in [0.15, 0.2) is 47.5 Å². The zero-order chi connectivity index (χ0) is 19.2. The minimum absolute atomic E-state index is 0.0196. The number of benzene rings is 2. The summed E-state index contributed by atoms with van der Waals surface area (Å²) >= 11 is 6.01. The standard InChI is InChI=1S/C19H18ClN3O3S/c1-21-27(25,26)15-3-5-18-12(8-15)6-7-23(18)19(24)9-13-11-22-17-10-14(20)2-4-16(13)17/h2-5,8,10-11,21-22H,6-7,9H2,1H3. The number of nitrogens with one attached hydrogen (secondary N) is 2. The minimum Gasteiger partial charge on any atom is -0.361 e. The lowest BCUT2D eigenvalue weighted by atomic mass is 10.1. The van der Waals surface area contributed by atoms with Crippen LogP contribution in [0.3, 0.4) is 0 Å². The number of fused-ring (bicyclic) bond motifs is 2. The quantitative estimate of drug-likeness (QED) is 0.702. The van der Waals surface area contributed by atoms with Gasteiger partial charge < -0.3 is 9.88 Å². The third-order valence-electron chi connectivity index (χ3n) is 4.90. The van der Waals surface area contributed by atoms with Crippen LogP contribution in [0.1, 0.15) is 11.1 Å². The molecule has 2 aromatic carbocycles. The molecule has 3 aromatic rings. The molecule has 0 spiro atoms. The number of carbonyl (C=O) groups excluding carboxylic acids is 1. The smallest absolute Gasteiger partial charge is 0.240 e. The SMILES string of the molecule is CNS(=O)(=O)c1ccc2c(c1)CCN2C(=O)Cc1c[nH]c2cc(Cl)ccc12. The van der Waals surface area contributed by atoms with Crippen LogP contribution in [0.2, 0.25) is 5.02 Å². The normalized spacial score (nSPS) is 13.9. The fraction of sp³-hybridized carbons (Fsp3) is 0.211. The predicted molar refractivity (Wildman–Crippen MR) is 106 cm³/mol. The number of hydrogen-bond donors (Lipinski definition) is 2. The van der Waals surface area contributed by atoms with E-state index in [4.69, 9.17) is 11.6 Å². The van der Waals surface area contributed by atoms with Crippen molar-refractivity contribution in [3.63, 3.8) is 0 Å². The lowest BCUT2D eigenvalue weighted by Crippen LogP contribution is -2.30. The summed E-state index contributed by atoms with van der Waals surface area (Å²) in [6.45, 7) is 0.547. The molecule has 0 radical (unpaired) electrons. The summed E-state index contributed by atoms with van der Waals surface area (Å²) in [4.78, 5) is 18.0. The number of sulfonamides is 1. The lowest BCUT2D eigenvalue weighted by Gasteiger charge is -2.17. The van der Waals surface area contributed by atoms with Crippen LogP contribution in [-0.2, 0) is 27.7 Å². The number of halogens is 1. The first-order valence-corrected chi connectivity index (χ1v) is 10.4. The molecule has 4 rings (SSSR count). The molecule has 0 bridgehead atoms. The highest BCUT2D eigenvalue weighted by molar-refractivity contribution is 7.89. The van der Waals surface area contributed by atoms with E-state index in [0.29, 0.717) is 18.0 Å². The van der Waals surface area contributed by atoms with Gasteiger partial charge in [0.2, 0.25) is 15.9 Å². The van der Waals surface area contributed by atoms with Gasteiger partial charge in [-0.15, -0.1) is 0 Å². The van der Waals surface area contributed by atoms with Crippen LogP contribution in [0.25, 0.3) is 10.9 Å². The molecule has 8 heteroatoms. The number of amides is 1. The number of nitrogens with zero attached hydrogens (tertiary/aromatic N) is 1. The molecule has 1 aromatic heterocycles. The van der Waals surface area contributed by atoms with Crippen molar-refractivity contribution in [1.29, 1.82) is 0 Å². The Hall–Kier alpha value is -2.35. The fourth-order valence-corrected chi connectivity index (χ4v) is 4.44. The fourth-order valence-electron chi connectivity index (χ4n) is 3.49. The van der Waals surface area contributed by atoms with Gasteiger partial charge in [0.25, 0.3) is 0 Å². The molecule has 0 fully saturated rings. The molecule has 2 N–H and O–H groups in total. The summed E-state index contributed by atoms with van der Waals surface area (Å²) in [7, 11) is -2.11. The highest BCUT2D eigenvalue weighted by atomic mass is 35.5. The predicted octanol–water partition coefficient (Wildman–Crippen LogP) is 2.86. The number of H-pyrrole nitrogens is 1. The van der Waals surface area contributed by atoms with E-state index in [9.17, 15) is 13.2 Å². The van der Waals surface area contributed by atoms with Gasteiger partial charge in [-0.1, -0.05) is 17.7 Å². The van der Waals surface area contributed by atoms with E-state index in [-0.39, 0.29) is 17.2 Å². The molecule has 27 heavy (non-hydrogen) atoms. The highest BCUT2D eigenvalue weighted by Crippen LogP contribution is 2.31. The molecule has 2 heterocycles. The second-order valence-corrected chi connectivity index (χ2v) is 8.80. The van der Waals surface area contributed by atoms with Crippen LogP contribution in [0.4, 0.5) is 5.69 Å². The van der Waals surface area contributed by atoms with Gasteiger partial charge in [0.15, 0.2) is 0 Å². The number of hydrogen-bond acceptors (Lipinski definition) is 3. The maximum atomic E-state index is 12.9. The molecule has 0 saturated heterocycles. The minimum atomic E-state index is -3.49. The Bertz CT molecular complexity index is 1150. The van der Waals surface area contributed by atoms with Gasteiger partial charge in [0.05, 0.1) is 11.3 Å². The molecular weight excluding hydrogens is 386 g/mol. The molecule has 0 saturated carbocycles. The summed E-state index contributed by atoms with van der Waals surface area (Å²) in [5.74, 6) is -0.0196. The van der Waals surface area contributed by atoms with Gasteiger partial charge in [-0.2, -0.15) is 0 Å². The molecule has 1 amide bonds. The Morgan fingerprint density at radius 1 is 1.26 bits per heavy atom. The summed E-state index contributed by atoms with van der Waals surface area (Å²) in [5.41, 5.74) is 3.45. The van der Waals surface area contributed by atoms with Crippen molar-refractivity contribution in [2.75, 3.05) is 18.5 Å². The largest absolute Gasteiger partial charge is 0.361 e. The second-order valence-electron chi connectivity index (χ2n) is 6.47. The maximum absolute atomic E-state index is 12.9. The van der Waals surface area contributed by atoms with E-state index < -0.39 is 10.0 Å². The van der Waals surface area contributed by atoms with Crippen molar-refractivity contribution in [2.45, 2.75) is 17.7 Å². The van der Waals surface area contributed by atoms with E-state index in [2.05, 4.69) is 9.71 Å². The molecule has 140 valence electrons. The first-order valence-electron chi connectivity index (χ1n) is 8.51. The van der Waals surface area contributed by atoms with Crippen molar-refractivity contribution < 1.29 is 13.2 Å². The van der Waals surface area contributed by atoms with Crippen LogP contribution >= 0.6 is 11.6 Å². The number of anilines is 1. The summed E-state index contributed by atoms with van der Waals surface area (Å²) < 4.78 is 26.3. The Labute approximate surface area is 162 Å². The lowest BCUT2D eigenvalue weighted by molar-refractivity contribution is -0.117. The van der Waals surface area contributed by atoms with E-state index in [1.54, 1.807) is 23.1 Å². The van der Waals surface area contributed by atoms with E-state index in [1.165, 1.54) is 13.1 Å². The first kappa shape index (κ1) is 18.0. The Balaban J connectivity index is 1.59. The van der Waals surface area contributed by atoms with Gasteiger partial charge in [-0.3, -0.25) is 4.79 Å². The van der Waals surface area contributed by atoms with Crippen LogP contribution in [0, 0.1) is 0 Å². The number of aromatic amines is 1. The molecule has 1 aliphatic rings. The molecule has 0 unspecified atom stereocenters. The molecule has 0 aliphatic carbocycles. The molecule has 1 aliphatic heterocycles. The zero-order valence-electron chi connectivity index (χ0n) is 14.6. The zero-order valence-corrected chi connectivity index (χ0v) is 16.2. The third-order valence-corrected chi connectivity index (χ3v) is 6.54. The maximum Gasteiger partial charge on any atom is 0.240 e. The van der Waals surface area contributed by atoms with Gasteiger partial charge in [-0.05, 0) is 54.9 Å². The molecule has 0 atom stereocenters. The Morgan fingerprint density at radius 2 is 2.07 bits per heavy atom. The first-order chi connectivity index (χ1) is 12.9. The average molecular weight is 404 g/mol. The second kappa shape index (κ2) is 6.67. The monoisotopic (exact) mass is 403 g/mol. The van der Waals surface area contributed by atoms with Crippen molar-refractivity contribution in [1.82, 2.24) is 9.71 Å². The van der Waals surface area contributed by atoms with E-state index in [1.807, 2.05) is 18.3 Å². The number of aromatic nitrogens is 1. The molecule has 6 nitrogen and oxygen atoms in total. The van der Waals surface area contributed by atoms with Gasteiger partial charge in [-0.25, -0.2) is 13.1 Å². The summed E-state index contributed by atoms with van der Waals surface area (Å²) in [5, 5.41) is 1.62. The van der Waals surface area contributed by atoms with E-state index in [0.717, 1.165) is 27.7 Å². The summed E-state index contributed by atoms with van der Waals surface area (Å²) in [6, 6.07) is 10.4. The highest BCUT2D eigenvalue weighted by Gasteiger charge is 2.26. The van der Waals surface area contributed by atoms with Crippen molar-refractivity contribution in [3.8, 4) is 0 Å².